The highest BCUT2D eigenvalue weighted by Crippen LogP contribution is 2.11. The SMILES string of the molecule is CC(C)C(NC(=O)CNC(=O)C(Cc1ccccc1)NC(=O)C(N)Cc1ccc(O)cc1)C(=O)O. The summed E-state index contributed by atoms with van der Waals surface area (Å²) < 4.78 is 0. The lowest BCUT2D eigenvalue weighted by molar-refractivity contribution is -0.143. The fourth-order valence-electron chi connectivity index (χ4n) is 3.35. The van der Waals surface area contributed by atoms with E-state index in [1.807, 2.05) is 6.07 Å². The molecule has 188 valence electrons. The molecule has 0 aliphatic heterocycles. The summed E-state index contributed by atoms with van der Waals surface area (Å²) in [5.74, 6) is -3.23. The standard InChI is InChI=1S/C25H32N4O6/c1-15(2)22(25(34)35)29-21(31)14-27-24(33)20(13-16-6-4-3-5-7-16)28-23(32)19(26)12-17-8-10-18(30)11-9-17/h3-11,15,19-20,22,30H,12-14,26H2,1-2H3,(H,27,33)(H,28,32)(H,29,31)(H,34,35). The predicted molar refractivity (Wildman–Crippen MR) is 129 cm³/mol. The van der Waals surface area contributed by atoms with E-state index >= 15 is 0 Å². The number of hydrogen-bond donors (Lipinski definition) is 6. The zero-order valence-electron chi connectivity index (χ0n) is 19.7. The minimum Gasteiger partial charge on any atom is -0.508 e. The van der Waals surface area contributed by atoms with Gasteiger partial charge in [0.1, 0.15) is 17.8 Å². The molecule has 10 heteroatoms. The predicted octanol–water partition coefficient (Wildman–Crippen LogP) is 0.331. The molecule has 2 aromatic carbocycles. The maximum atomic E-state index is 12.9. The Hall–Kier alpha value is -3.92. The Balaban J connectivity index is 2.03. The van der Waals surface area contributed by atoms with E-state index in [9.17, 15) is 29.4 Å². The van der Waals surface area contributed by atoms with Crippen LogP contribution in [0.3, 0.4) is 0 Å². The number of nitrogens with two attached hydrogens (primary N) is 1. The van der Waals surface area contributed by atoms with Crippen LogP contribution in [-0.4, -0.2) is 58.6 Å². The van der Waals surface area contributed by atoms with Gasteiger partial charge in [0.05, 0.1) is 12.6 Å². The lowest BCUT2D eigenvalue weighted by Gasteiger charge is -2.22. The van der Waals surface area contributed by atoms with Crippen LogP contribution in [0.2, 0.25) is 0 Å². The molecule has 0 fully saturated rings. The average molecular weight is 485 g/mol. The number of aliphatic carboxylic acids is 1. The van der Waals surface area contributed by atoms with Crippen molar-refractivity contribution in [3.63, 3.8) is 0 Å². The van der Waals surface area contributed by atoms with Crippen molar-refractivity contribution in [2.24, 2.45) is 11.7 Å². The monoisotopic (exact) mass is 484 g/mol. The Morgan fingerprint density at radius 3 is 2.03 bits per heavy atom. The van der Waals surface area contributed by atoms with Gasteiger partial charge in [-0.25, -0.2) is 4.79 Å². The summed E-state index contributed by atoms with van der Waals surface area (Å²) in [6.07, 6.45) is 0.357. The van der Waals surface area contributed by atoms with Crippen LogP contribution in [0.15, 0.2) is 54.6 Å². The second-order valence-corrected chi connectivity index (χ2v) is 8.57. The quantitative estimate of drug-likeness (QED) is 0.252. The Kier molecular flexibility index (Phi) is 10.2. The van der Waals surface area contributed by atoms with Crippen molar-refractivity contribution >= 4 is 23.7 Å². The van der Waals surface area contributed by atoms with Gasteiger partial charge >= 0.3 is 5.97 Å². The first kappa shape index (κ1) is 27.3. The van der Waals surface area contributed by atoms with Crippen molar-refractivity contribution in [3.05, 3.63) is 65.7 Å². The first-order valence-electron chi connectivity index (χ1n) is 11.2. The number of phenols is 1. The third-order valence-corrected chi connectivity index (χ3v) is 5.32. The number of rotatable bonds is 12. The van der Waals surface area contributed by atoms with Gasteiger partial charge in [0.25, 0.3) is 0 Å². The molecule has 7 N–H and O–H groups in total. The molecule has 0 aliphatic carbocycles. The molecule has 3 atom stereocenters. The number of carboxylic acid groups (broad SMARTS) is 1. The van der Waals surface area contributed by atoms with Gasteiger partial charge in [0, 0.05) is 6.42 Å². The summed E-state index contributed by atoms with van der Waals surface area (Å²) in [5.41, 5.74) is 7.56. The Morgan fingerprint density at radius 2 is 1.46 bits per heavy atom. The number of carboxylic acids is 1. The van der Waals surface area contributed by atoms with Crippen molar-refractivity contribution in [2.75, 3.05) is 6.54 Å². The first-order chi connectivity index (χ1) is 16.6. The molecule has 0 aromatic heterocycles. The van der Waals surface area contributed by atoms with Gasteiger partial charge in [-0.1, -0.05) is 56.3 Å². The number of benzene rings is 2. The van der Waals surface area contributed by atoms with E-state index in [1.165, 1.54) is 12.1 Å². The molecule has 0 spiro atoms. The summed E-state index contributed by atoms with van der Waals surface area (Å²) in [6.45, 7) is 2.87. The van der Waals surface area contributed by atoms with Gasteiger partial charge in [-0.3, -0.25) is 14.4 Å². The smallest absolute Gasteiger partial charge is 0.326 e. The van der Waals surface area contributed by atoms with Gasteiger partial charge in [-0.15, -0.1) is 0 Å². The van der Waals surface area contributed by atoms with E-state index in [0.29, 0.717) is 0 Å². The van der Waals surface area contributed by atoms with Crippen LogP contribution in [0.5, 0.6) is 5.75 Å². The van der Waals surface area contributed by atoms with Crippen LogP contribution in [-0.2, 0) is 32.0 Å². The third kappa shape index (κ3) is 9.09. The number of aromatic hydroxyl groups is 1. The van der Waals surface area contributed by atoms with Crippen molar-refractivity contribution in [1.82, 2.24) is 16.0 Å². The lowest BCUT2D eigenvalue weighted by Crippen LogP contribution is -2.54. The van der Waals surface area contributed by atoms with Crippen molar-refractivity contribution < 1.29 is 29.4 Å². The highest BCUT2D eigenvalue weighted by Gasteiger charge is 2.26. The Morgan fingerprint density at radius 1 is 0.857 bits per heavy atom. The Bertz CT molecular complexity index is 1010. The second kappa shape index (κ2) is 13.1. The lowest BCUT2D eigenvalue weighted by atomic mass is 10.0. The number of nitrogens with one attached hydrogen (secondary N) is 3. The summed E-state index contributed by atoms with van der Waals surface area (Å²) >= 11 is 0. The van der Waals surface area contributed by atoms with Crippen LogP contribution in [0.25, 0.3) is 0 Å². The van der Waals surface area contributed by atoms with Crippen LogP contribution >= 0.6 is 0 Å². The zero-order chi connectivity index (χ0) is 26.0. The van der Waals surface area contributed by atoms with E-state index in [0.717, 1.165) is 11.1 Å². The summed E-state index contributed by atoms with van der Waals surface area (Å²) in [6, 6.07) is 12.3. The molecule has 0 radical (unpaired) electrons. The van der Waals surface area contributed by atoms with Crippen LogP contribution in [0.4, 0.5) is 0 Å². The van der Waals surface area contributed by atoms with E-state index in [2.05, 4.69) is 16.0 Å². The van der Waals surface area contributed by atoms with E-state index < -0.39 is 48.4 Å². The molecule has 0 saturated heterocycles. The minimum absolute atomic E-state index is 0.0958. The van der Waals surface area contributed by atoms with Gasteiger partial charge in [-0.2, -0.15) is 0 Å². The highest BCUT2D eigenvalue weighted by atomic mass is 16.4. The third-order valence-electron chi connectivity index (χ3n) is 5.32. The van der Waals surface area contributed by atoms with Crippen LogP contribution < -0.4 is 21.7 Å². The van der Waals surface area contributed by atoms with Crippen LogP contribution in [0.1, 0.15) is 25.0 Å². The molecule has 0 heterocycles. The zero-order valence-corrected chi connectivity index (χ0v) is 19.7. The fraction of sp³-hybridized carbons (Fsp3) is 0.360. The molecule has 2 aromatic rings. The normalized spacial score (nSPS) is 13.4. The molecule has 2 rings (SSSR count). The van der Waals surface area contributed by atoms with Gasteiger partial charge < -0.3 is 31.9 Å². The van der Waals surface area contributed by atoms with Gasteiger partial charge in [-0.05, 0) is 35.6 Å². The average Bonchev–Trinajstić information content (AvgIpc) is 2.82. The molecule has 0 saturated carbocycles. The van der Waals surface area contributed by atoms with Gasteiger partial charge in [0.15, 0.2) is 0 Å². The van der Waals surface area contributed by atoms with Crippen molar-refractivity contribution in [2.45, 2.75) is 44.8 Å². The Labute approximate surface area is 203 Å². The van der Waals surface area contributed by atoms with E-state index in [1.54, 1.807) is 50.2 Å². The maximum absolute atomic E-state index is 12.9. The number of carbonyl (C=O) groups is 4. The largest absolute Gasteiger partial charge is 0.508 e. The maximum Gasteiger partial charge on any atom is 0.326 e. The van der Waals surface area contributed by atoms with E-state index in [4.69, 9.17) is 5.73 Å². The first-order valence-corrected chi connectivity index (χ1v) is 11.2. The summed E-state index contributed by atoms with van der Waals surface area (Å²) in [5, 5.41) is 26.1. The number of amides is 3. The number of hydrogen-bond acceptors (Lipinski definition) is 6. The molecule has 0 aliphatic rings. The molecule has 3 unspecified atom stereocenters. The second-order valence-electron chi connectivity index (χ2n) is 8.57. The summed E-state index contributed by atoms with van der Waals surface area (Å²) in [7, 11) is 0. The fourth-order valence-corrected chi connectivity index (χ4v) is 3.35. The molecular formula is C25H32N4O6. The van der Waals surface area contributed by atoms with Crippen molar-refractivity contribution in [1.29, 1.82) is 0 Å². The van der Waals surface area contributed by atoms with E-state index in [-0.39, 0.29) is 24.5 Å². The number of phenolic OH excluding ortho intramolecular Hbond substituents is 1. The van der Waals surface area contributed by atoms with Crippen LogP contribution in [0, 0.1) is 5.92 Å². The molecule has 0 bridgehead atoms. The minimum atomic E-state index is -1.17. The molecular weight excluding hydrogens is 452 g/mol. The molecule has 3 amide bonds. The molecule has 10 nitrogen and oxygen atoms in total. The molecule has 35 heavy (non-hydrogen) atoms. The number of carbonyl (C=O) groups excluding carboxylic acids is 3. The summed E-state index contributed by atoms with van der Waals surface area (Å²) in [4.78, 5) is 49.1. The topological polar surface area (TPSA) is 171 Å². The van der Waals surface area contributed by atoms with Crippen molar-refractivity contribution in [3.8, 4) is 5.75 Å². The highest BCUT2D eigenvalue weighted by molar-refractivity contribution is 5.92. The van der Waals surface area contributed by atoms with Gasteiger partial charge in [0.2, 0.25) is 17.7 Å².